The Bertz CT molecular complexity index is 795. The van der Waals surface area contributed by atoms with E-state index in [1.54, 1.807) is 48.2 Å². The Balaban J connectivity index is 1.94. The normalized spacial score (nSPS) is 12.3. The number of aromatic nitrogens is 3. The van der Waals surface area contributed by atoms with Gasteiger partial charge >= 0.3 is 0 Å². The first-order chi connectivity index (χ1) is 10.2. The third-order valence-electron chi connectivity index (χ3n) is 3.23. The van der Waals surface area contributed by atoms with Gasteiger partial charge in [0.2, 0.25) is 0 Å². The van der Waals surface area contributed by atoms with Gasteiger partial charge in [0.25, 0.3) is 5.91 Å². The molecule has 6 nitrogen and oxygen atoms in total. The lowest BCUT2D eigenvalue weighted by Crippen LogP contribution is -2.13. The third-order valence-corrected chi connectivity index (χ3v) is 3.23. The molecule has 1 amide bonds. The van der Waals surface area contributed by atoms with Crippen LogP contribution >= 0.6 is 0 Å². The van der Waals surface area contributed by atoms with Crippen LogP contribution in [0.25, 0.3) is 5.52 Å². The van der Waals surface area contributed by atoms with Crippen molar-refractivity contribution in [3.8, 4) is 0 Å². The van der Waals surface area contributed by atoms with E-state index < -0.39 is 6.10 Å². The number of aliphatic hydroxyl groups is 1. The second-order valence-electron chi connectivity index (χ2n) is 4.68. The number of aliphatic hydroxyl groups excluding tert-OH is 1. The number of fused-ring (bicyclic) bond motifs is 1. The first-order valence-corrected chi connectivity index (χ1v) is 6.52. The fourth-order valence-corrected chi connectivity index (χ4v) is 2.17. The molecule has 21 heavy (non-hydrogen) atoms. The Hall–Kier alpha value is -2.73. The molecule has 1 unspecified atom stereocenters. The first kappa shape index (κ1) is 13.3. The van der Waals surface area contributed by atoms with Crippen LogP contribution in [0.2, 0.25) is 0 Å². The number of carbonyl (C=O) groups excluding carboxylic acids is 1. The van der Waals surface area contributed by atoms with Gasteiger partial charge in [-0.25, -0.2) is 4.52 Å². The van der Waals surface area contributed by atoms with Gasteiger partial charge in [0.05, 0.1) is 29.6 Å². The Morgan fingerprint density at radius 2 is 2.14 bits per heavy atom. The lowest BCUT2D eigenvalue weighted by Gasteiger charge is -2.12. The number of benzene rings is 1. The van der Waals surface area contributed by atoms with Crippen molar-refractivity contribution in [2.75, 3.05) is 5.32 Å². The molecule has 0 radical (unpaired) electrons. The van der Waals surface area contributed by atoms with Gasteiger partial charge in [0.15, 0.2) is 0 Å². The summed E-state index contributed by atoms with van der Waals surface area (Å²) in [5.74, 6) is -0.286. The second-order valence-corrected chi connectivity index (χ2v) is 4.68. The molecule has 2 N–H and O–H groups in total. The highest BCUT2D eigenvalue weighted by molar-refractivity contribution is 6.09. The predicted octanol–water partition coefficient (Wildman–Crippen LogP) is 2.03. The Morgan fingerprint density at radius 1 is 1.33 bits per heavy atom. The molecule has 2 aromatic heterocycles. The predicted molar refractivity (Wildman–Crippen MR) is 78.0 cm³/mol. The van der Waals surface area contributed by atoms with E-state index in [-0.39, 0.29) is 5.91 Å². The van der Waals surface area contributed by atoms with Crippen LogP contribution in [0.1, 0.15) is 28.9 Å². The lowest BCUT2D eigenvalue weighted by atomic mass is 10.1. The Morgan fingerprint density at radius 3 is 2.95 bits per heavy atom. The van der Waals surface area contributed by atoms with Crippen LogP contribution in [-0.4, -0.2) is 25.6 Å². The van der Waals surface area contributed by atoms with Crippen molar-refractivity contribution in [2.45, 2.75) is 13.0 Å². The lowest BCUT2D eigenvalue weighted by molar-refractivity contribution is 0.102. The number of nitrogens with zero attached hydrogens (tertiary/aromatic N) is 3. The van der Waals surface area contributed by atoms with E-state index in [9.17, 15) is 9.90 Å². The van der Waals surface area contributed by atoms with Crippen molar-refractivity contribution in [1.29, 1.82) is 0 Å². The van der Waals surface area contributed by atoms with E-state index >= 15 is 0 Å². The van der Waals surface area contributed by atoms with E-state index in [2.05, 4.69) is 15.4 Å². The Kier molecular flexibility index (Phi) is 3.37. The highest BCUT2D eigenvalue weighted by Gasteiger charge is 2.15. The molecule has 106 valence electrons. The fraction of sp³-hybridized carbons (Fsp3) is 0.133. The zero-order chi connectivity index (χ0) is 14.8. The molecule has 6 heteroatoms. The molecular weight excluding hydrogens is 268 g/mol. The summed E-state index contributed by atoms with van der Waals surface area (Å²) in [6.45, 7) is 1.66. The maximum absolute atomic E-state index is 12.4. The summed E-state index contributed by atoms with van der Waals surface area (Å²) in [5, 5.41) is 16.7. The van der Waals surface area contributed by atoms with Gasteiger partial charge in [-0.2, -0.15) is 5.10 Å². The van der Waals surface area contributed by atoms with Crippen LogP contribution in [0.15, 0.2) is 49.1 Å². The standard InChI is InChI=1S/C15H14N4O2/c1-10(20)11-4-2-3-5-13(11)18-15(21)12-8-17-19-7-6-16-9-14(12)19/h2-10,20H,1H3,(H,18,21). The minimum atomic E-state index is -0.660. The molecule has 3 rings (SSSR count). The molecule has 1 atom stereocenters. The van der Waals surface area contributed by atoms with Crippen molar-refractivity contribution in [1.82, 2.24) is 14.6 Å². The van der Waals surface area contributed by atoms with Gasteiger partial charge in [-0.1, -0.05) is 18.2 Å². The number of amides is 1. The van der Waals surface area contributed by atoms with Crippen LogP contribution in [0.4, 0.5) is 5.69 Å². The molecule has 0 saturated heterocycles. The summed E-state index contributed by atoms with van der Waals surface area (Å²) in [4.78, 5) is 16.4. The summed E-state index contributed by atoms with van der Waals surface area (Å²) in [6, 6.07) is 7.15. The smallest absolute Gasteiger partial charge is 0.259 e. The van der Waals surface area contributed by atoms with Crippen LogP contribution in [-0.2, 0) is 0 Å². The van der Waals surface area contributed by atoms with Crippen LogP contribution < -0.4 is 5.32 Å². The first-order valence-electron chi connectivity index (χ1n) is 6.52. The molecule has 0 spiro atoms. The van der Waals surface area contributed by atoms with E-state index in [4.69, 9.17) is 0 Å². The average Bonchev–Trinajstić information content (AvgIpc) is 2.91. The maximum atomic E-state index is 12.4. The van der Waals surface area contributed by atoms with Crippen molar-refractivity contribution >= 4 is 17.1 Å². The van der Waals surface area contributed by atoms with E-state index in [0.29, 0.717) is 22.3 Å². The number of para-hydroxylation sites is 1. The molecule has 1 aromatic carbocycles. The summed E-state index contributed by atoms with van der Waals surface area (Å²) in [6.07, 6.45) is 5.70. The average molecular weight is 282 g/mol. The zero-order valence-electron chi connectivity index (χ0n) is 11.4. The van der Waals surface area contributed by atoms with Gasteiger partial charge < -0.3 is 10.4 Å². The molecule has 2 heterocycles. The fourth-order valence-electron chi connectivity index (χ4n) is 2.17. The molecule has 0 aliphatic rings. The molecule has 0 fully saturated rings. The largest absolute Gasteiger partial charge is 0.389 e. The number of hydrogen-bond acceptors (Lipinski definition) is 4. The van der Waals surface area contributed by atoms with Gasteiger partial charge in [0.1, 0.15) is 0 Å². The number of nitrogens with one attached hydrogen (secondary N) is 1. The topological polar surface area (TPSA) is 79.5 Å². The van der Waals surface area contributed by atoms with E-state index in [0.717, 1.165) is 0 Å². The summed E-state index contributed by atoms with van der Waals surface area (Å²) in [5.41, 5.74) is 2.31. The molecule has 0 bridgehead atoms. The van der Waals surface area contributed by atoms with Gasteiger partial charge in [-0.05, 0) is 13.0 Å². The van der Waals surface area contributed by atoms with Crippen molar-refractivity contribution in [3.05, 3.63) is 60.2 Å². The minimum Gasteiger partial charge on any atom is -0.389 e. The van der Waals surface area contributed by atoms with Gasteiger partial charge in [0, 0.05) is 23.6 Å². The van der Waals surface area contributed by atoms with Crippen molar-refractivity contribution in [2.24, 2.45) is 0 Å². The molecule has 0 saturated carbocycles. The summed E-state index contributed by atoms with van der Waals surface area (Å²) >= 11 is 0. The molecule has 3 aromatic rings. The van der Waals surface area contributed by atoms with Gasteiger partial charge in [-0.3, -0.25) is 9.78 Å². The van der Waals surface area contributed by atoms with Crippen LogP contribution in [0.5, 0.6) is 0 Å². The highest BCUT2D eigenvalue weighted by Crippen LogP contribution is 2.23. The van der Waals surface area contributed by atoms with Crippen molar-refractivity contribution < 1.29 is 9.90 Å². The van der Waals surface area contributed by atoms with E-state index in [1.165, 1.54) is 6.20 Å². The maximum Gasteiger partial charge on any atom is 0.259 e. The number of carbonyl (C=O) groups is 1. The van der Waals surface area contributed by atoms with E-state index in [1.807, 2.05) is 6.07 Å². The number of anilines is 1. The van der Waals surface area contributed by atoms with Crippen LogP contribution in [0.3, 0.4) is 0 Å². The second kappa shape index (κ2) is 5.34. The number of rotatable bonds is 3. The van der Waals surface area contributed by atoms with Crippen molar-refractivity contribution in [3.63, 3.8) is 0 Å². The highest BCUT2D eigenvalue weighted by atomic mass is 16.3. The Labute approximate surface area is 121 Å². The molecular formula is C15H14N4O2. The molecule has 0 aliphatic heterocycles. The SMILES string of the molecule is CC(O)c1ccccc1NC(=O)c1cnn2ccncc12. The summed E-state index contributed by atoms with van der Waals surface area (Å²) < 4.78 is 1.59. The third kappa shape index (κ3) is 2.48. The zero-order valence-corrected chi connectivity index (χ0v) is 11.4. The quantitative estimate of drug-likeness (QED) is 0.770. The van der Waals surface area contributed by atoms with Crippen LogP contribution in [0, 0.1) is 0 Å². The minimum absolute atomic E-state index is 0.286. The number of hydrogen-bond donors (Lipinski definition) is 2. The monoisotopic (exact) mass is 282 g/mol. The molecule has 0 aliphatic carbocycles. The summed E-state index contributed by atoms with van der Waals surface area (Å²) in [7, 11) is 0. The van der Waals surface area contributed by atoms with Gasteiger partial charge in [-0.15, -0.1) is 0 Å².